The quantitative estimate of drug-likeness (QED) is 0.348. The Kier molecular flexibility index (Phi) is 4.62. The lowest BCUT2D eigenvalue weighted by atomic mass is 9.84. The van der Waals surface area contributed by atoms with E-state index in [4.69, 9.17) is 11.1 Å². The number of amidine groups is 1. The van der Waals surface area contributed by atoms with Crippen molar-refractivity contribution >= 4 is 11.7 Å². The summed E-state index contributed by atoms with van der Waals surface area (Å²) < 4.78 is 0. The van der Waals surface area contributed by atoms with Gasteiger partial charge in [-0.05, 0) is 77.1 Å². The van der Waals surface area contributed by atoms with E-state index in [1.54, 1.807) is 12.1 Å². The number of hydrogen-bond acceptors (Lipinski definition) is 2. The largest absolute Gasteiger partial charge is 0.384 e. The second-order valence-corrected chi connectivity index (χ2v) is 8.43. The maximum absolute atomic E-state index is 12.7. The number of benzene rings is 3. The molecule has 3 aromatic rings. The molecule has 0 radical (unpaired) electrons. The molecule has 1 saturated carbocycles. The molecule has 0 saturated heterocycles. The highest BCUT2D eigenvalue weighted by molar-refractivity contribution is 5.95. The summed E-state index contributed by atoms with van der Waals surface area (Å²) >= 11 is 0. The van der Waals surface area contributed by atoms with Crippen molar-refractivity contribution in [3.8, 4) is 0 Å². The van der Waals surface area contributed by atoms with Crippen LogP contribution in [0.3, 0.4) is 0 Å². The highest BCUT2D eigenvalue weighted by Crippen LogP contribution is 2.41. The van der Waals surface area contributed by atoms with E-state index in [0.29, 0.717) is 17.7 Å². The number of nitrogen functional groups attached to an aromatic ring is 1. The minimum absolute atomic E-state index is 0.0467. The molecular weight excluding hydrogens is 370 g/mol. The minimum Gasteiger partial charge on any atom is -0.384 e. The zero-order valence-corrected chi connectivity index (χ0v) is 16.9. The Morgan fingerprint density at radius 3 is 2.20 bits per heavy atom. The van der Waals surface area contributed by atoms with Crippen LogP contribution in [0, 0.1) is 5.41 Å². The average molecular weight is 396 g/mol. The molecule has 3 aromatic carbocycles. The molecule has 0 spiro atoms. The molecule has 1 amide bonds. The Balaban J connectivity index is 1.28. The molecule has 0 aromatic heterocycles. The highest BCUT2D eigenvalue weighted by Gasteiger charge is 2.25. The molecule has 0 unspecified atom stereocenters. The van der Waals surface area contributed by atoms with Crippen molar-refractivity contribution in [2.75, 3.05) is 0 Å². The Morgan fingerprint density at radius 1 is 0.867 bits per heavy atom. The van der Waals surface area contributed by atoms with Gasteiger partial charge in [-0.3, -0.25) is 10.2 Å². The zero-order valence-electron chi connectivity index (χ0n) is 16.9. The molecule has 4 nitrogen and oxygen atoms in total. The van der Waals surface area contributed by atoms with Crippen LogP contribution in [0.5, 0.6) is 0 Å². The summed E-state index contributed by atoms with van der Waals surface area (Å²) in [5, 5.41) is 10.5. The van der Waals surface area contributed by atoms with E-state index in [1.165, 1.54) is 40.7 Å². The van der Waals surface area contributed by atoms with E-state index in [0.717, 1.165) is 24.3 Å². The van der Waals surface area contributed by atoms with Gasteiger partial charge in [0.05, 0.1) is 0 Å². The molecule has 1 fully saturated rings. The number of hydrogen-bond donors (Lipinski definition) is 3. The third-order valence-electron chi connectivity index (χ3n) is 6.23. The van der Waals surface area contributed by atoms with Gasteiger partial charge in [-0.15, -0.1) is 0 Å². The van der Waals surface area contributed by atoms with E-state index in [2.05, 4.69) is 35.6 Å². The predicted molar refractivity (Wildman–Crippen MR) is 119 cm³/mol. The van der Waals surface area contributed by atoms with Crippen LogP contribution < -0.4 is 11.1 Å². The lowest BCUT2D eigenvalue weighted by Crippen LogP contribution is -2.23. The fourth-order valence-electron chi connectivity index (χ4n) is 4.25. The van der Waals surface area contributed by atoms with Gasteiger partial charge in [0, 0.05) is 17.7 Å². The van der Waals surface area contributed by atoms with Crippen LogP contribution in [0.1, 0.15) is 68.1 Å². The number of carbonyl (C=O) groups excluding carboxylic acids is 1. The van der Waals surface area contributed by atoms with E-state index < -0.39 is 0 Å². The summed E-state index contributed by atoms with van der Waals surface area (Å²) in [6.45, 7) is 0.446. The standard InChI is InChI=1S/C26H25N3O/c27-25(28)18-3-1-16(2-4-18)15-29-26(30)22-10-9-21-11-20-8-7-19(17-5-6-17)12-23(20)14-24(21)13-22/h1-4,7-10,12-13,17H,5-6,11,14-15H2,(H3,27,28)(H,29,30). The first-order valence-corrected chi connectivity index (χ1v) is 10.5. The molecule has 0 atom stereocenters. The smallest absolute Gasteiger partial charge is 0.251 e. The van der Waals surface area contributed by atoms with Gasteiger partial charge in [0.2, 0.25) is 0 Å². The van der Waals surface area contributed by atoms with E-state index in [1.807, 2.05) is 18.2 Å². The van der Waals surface area contributed by atoms with Crippen LogP contribution in [0.2, 0.25) is 0 Å². The molecule has 0 bridgehead atoms. The normalized spacial score (nSPS) is 14.5. The van der Waals surface area contributed by atoms with Gasteiger partial charge >= 0.3 is 0 Å². The van der Waals surface area contributed by atoms with E-state index >= 15 is 0 Å². The Hall–Kier alpha value is -3.40. The van der Waals surface area contributed by atoms with Gasteiger partial charge in [0.25, 0.3) is 5.91 Å². The van der Waals surface area contributed by atoms with Crippen molar-refractivity contribution < 1.29 is 4.79 Å². The average Bonchev–Trinajstić information content (AvgIpc) is 3.61. The fraction of sp³-hybridized carbons (Fsp3) is 0.231. The highest BCUT2D eigenvalue weighted by atomic mass is 16.1. The number of amides is 1. The van der Waals surface area contributed by atoms with Crippen LogP contribution in [0.25, 0.3) is 0 Å². The first kappa shape index (κ1) is 18.6. The van der Waals surface area contributed by atoms with Gasteiger partial charge in [0.1, 0.15) is 5.84 Å². The maximum atomic E-state index is 12.7. The number of rotatable bonds is 5. The second-order valence-electron chi connectivity index (χ2n) is 8.43. The molecule has 4 N–H and O–H groups in total. The third kappa shape index (κ3) is 3.73. The Labute approximate surface area is 176 Å². The first-order valence-electron chi connectivity index (χ1n) is 10.5. The Bertz CT molecular complexity index is 1140. The minimum atomic E-state index is -0.0639. The van der Waals surface area contributed by atoms with Crippen LogP contribution >= 0.6 is 0 Å². The van der Waals surface area contributed by atoms with Crippen LogP contribution in [0.15, 0.2) is 60.7 Å². The van der Waals surface area contributed by atoms with Crippen LogP contribution in [-0.4, -0.2) is 11.7 Å². The molecule has 2 aliphatic carbocycles. The maximum Gasteiger partial charge on any atom is 0.251 e. The third-order valence-corrected chi connectivity index (χ3v) is 6.23. The predicted octanol–water partition coefficient (Wildman–Crippen LogP) is 4.27. The molecule has 4 heteroatoms. The molecule has 2 aliphatic rings. The summed E-state index contributed by atoms with van der Waals surface area (Å²) in [6, 6.07) is 20.4. The van der Waals surface area contributed by atoms with E-state index in [-0.39, 0.29) is 11.7 Å². The number of nitrogens with two attached hydrogens (primary N) is 1. The second kappa shape index (κ2) is 7.45. The Morgan fingerprint density at radius 2 is 1.50 bits per heavy atom. The van der Waals surface area contributed by atoms with Gasteiger partial charge in [0.15, 0.2) is 0 Å². The molecule has 0 heterocycles. The van der Waals surface area contributed by atoms with Gasteiger partial charge in [-0.2, -0.15) is 0 Å². The molecule has 5 rings (SSSR count). The molecule has 150 valence electrons. The lowest BCUT2D eigenvalue weighted by molar-refractivity contribution is 0.0951. The summed E-state index contributed by atoms with van der Waals surface area (Å²) in [5.41, 5.74) is 14.7. The molecule has 0 aliphatic heterocycles. The van der Waals surface area contributed by atoms with Crippen LogP contribution in [-0.2, 0) is 19.4 Å². The van der Waals surface area contributed by atoms with Crippen molar-refractivity contribution in [1.29, 1.82) is 5.41 Å². The summed E-state index contributed by atoms with van der Waals surface area (Å²) in [4.78, 5) is 12.7. The van der Waals surface area contributed by atoms with E-state index in [9.17, 15) is 4.79 Å². The first-order chi connectivity index (χ1) is 14.6. The zero-order chi connectivity index (χ0) is 20.7. The van der Waals surface area contributed by atoms with Crippen molar-refractivity contribution in [3.63, 3.8) is 0 Å². The van der Waals surface area contributed by atoms with Gasteiger partial charge < -0.3 is 11.1 Å². The summed E-state index contributed by atoms with van der Waals surface area (Å²) in [6.07, 6.45) is 4.48. The summed E-state index contributed by atoms with van der Waals surface area (Å²) in [7, 11) is 0. The number of carbonyl (C=O) groups is 1. The van der Waals surface area contributed by atoms with Crippen LogP contribution in [0.4, 0.5) is 0 Å². The SMILES string of the molecule is N=C(N)c1ccc(CNC(=O)c2ccc3c(c2)Cc2cc(C4CC4)ccc2C3)cc1. The monoisotopic (exact) mass is 395 g/mol. The topological polar surface area (TPSA) is 79.0 Å². The van der Waals surface area contributed by atoms with Crippen molar-refractivity contribution in [3.05, 3.63) is 105 Å². The number of fused-ring (bicyclic) bond motifs is 2. The molecule has 30 heavy (non-hydrogen) atoms. The lowest BCUT2D eigenvalue weighted by Gasteiger charge is -2.21. The fourth-order valence-corrected chi connectivity index (χ4v) is 4.25. The molecular formula is C26H25N3O. The number of nitrogens with one attached hydrogen (secondary N) is 2. The van der Waals surface area contributed by atoms with Crippen molar-refractivity contribution in [2.24, 2.45) is 5.73 Å². The summed E-state index contributed by atoms with van der Waals surface area (Å²) in [5.74, 6) is 0.745. The van der Waals surface area contributed by atoms with Crippen molar-refractivity contribution in [2.45, 2.75) is 38.1 Å². The van der Waals surface area contributed by atoms with Gasteiger partial charge in [-0.25, -0.2) is 0 Å². The van der Waals surface area contributed by atoms with Crippen molar-refractivity contribution in [1.82, 2.24) is 5.32 Å². The van der Waals surface area contributed by atoms with Gasteiger partial charge in [-0.1, -0.05) is 48.5 Å².